The Morgan fingerprint density at radius 3 is 2.50 bits per heavy atom. The van der Waals surface area contributed by atoms with Crippen molar-refractivity contribution in [1.82, 2.24) is 24.9 Å². The van der Waals surface area contributed by atoms with Crippen molar-refractivity contribution in [2.24, 2.45) is 28.9 Å². The first kappa shape index (κ1) is 30.9. The summed E-state index contributed by atoms with van der Waals surface area (Å²) >= 11 is 8.21. The van der Waals surface area contributed by atoms with Gasteiger partial charge in [0.1, 0.15) is 22.4 Å². The fourth-order valence-electron chi connectivity index (χ4n) is 6.79. The van der Waals surface area contributed by atoms with Crippen LogP contribution in [0.2, 0.25) is 5.02 Å². The molecule has 2 saturated heterocycles. The molecule has 234 valence electrons. The van der Waals surface area contributed by atoms with Gasteiger partial charge in [-0.25, -0.2) is 19.9 Å². The van der Waals surface area contributed by atoms with Crippen molar-refractivity contribution in [3.8, 4) is 0 Å². The van der Waals surface area contributed by atoms with Gasteiger partial charge < -0.3 is 26.0 Å². The third kappa shape index (κ3) is 6.35. The molecular formula is C31H40ClN9O2S. The first-order valence-electron chi connectivity index (χ1n) is 15.4. The number of aliphatic hydroxyl groups is 1. The highest BCUT2D eigenvalue weighted by Gasteiger charge is 2.50. The lowest BCUT2D eigenvalue weighted by molar-refractivity contribution is -0.120. The molecule has 1 aliphatic carbocycles. The molecule has 0 aromatic carbocycles. The maximum Gasteiger partial charge on any atom is 0.227 e. The predicted octanol–water partition coefficient (Wildman–Crippen LogP) is 4.58. The molecule has 5 heterocycles. The van der Waals surface area contributed by atoms with Crippen LogP contribution < -0.4 is 20.9 Å². The molecule has 1 spiro atoms. The Balaban J connectivity index is 1.07. The number of aromatic nitrogens is 5. The molecule has 3 aliphatic rings. The van der Waals surface area contributed by atoms with E-state index in [0.29, 0.717) is 46.6 Å². The van der Waals surface area contributed by atoms with E-state index in [9.17, 15) is 9.90 Å². The maximum absolute atomic E-state index is 12.3. The van der Waals surface area contributed by atoms with Crippen LogP contribution in [-0.2, 0) is 4.79 Å². The molecule has 4 N–H and O–H groups in total. The quantitative estimate of drug-likeness (QED) is 0.318. The fourth-order valence-corrected chi connectivity index (χ4v) is 7.81. The lowest BCUT2D eigenvalue weighted by atomic mass is 9.73. The minimum absolute atomic E-state index is 0.0536. The summed E-state index contributed by atoms with van der Waals surface area (Å²) in [6.07, 6.45) is 11.4. The number of hydrogen-bond donors (Lipinski definition) is 3. The molecule has 0 bridgehead atoms. The Morgan fingerprint density at radius 2 is 1.84 bits per heavy atom. The first-order valence-corrected chi connectivity index (χ1v) is 16.6. The Labute approximate surface area is 267 Å². The largest absolute Gasteiger partial charge is 0.396 e. The van der Waals surface area contributed by atoms with Gasteiger partial charge in [0.25, 0.3) is 0 Å². The minimum Gasteiger partial charge on any atom is -0.396 e. The van der Waals surface area contributed by atoms with Gasteiger partial charge in [-0.1, -0.05) is 37.2 Å². The van der Waals surface area contributed by atoms with Crippen molar-refractivity contribution in [3.05, 3.63) is 41.9 Å². The summed E-state index contributed by atoms with van der Waals surface area (Å²) in [5.41, 5.74) is 6.39. The van der Waals surface area contributed by atoms with Crippen LogP contribution in [0.15, 0.2) is 46.8 Å². The summed E-state index contributed by atoms with van der Waals surface area (Å²) in [5.74, 6) is 3.68. The number of carbonyl (C=O) groups is 1. The lowest BCUT2D eigenvalue weighted by Crippen LogP contribution is -2.48. The summed E-state index contributed by atoms with van der Waals surface area (Å²) in [7, 11) is 0. The number of aliphatic hydroxyl groups excluding tert-OH is 1. The number of Topliss-reactive ketones (excluding diaryl/α,β-unsaturated/α-hetero) is 1. The number of nitrogens with two attached hydrogens (primary N) is 1. The van der Waals surface area contributed by atoms with Gasteiger partial charge in [0.15, 0.2) is 5.82 Å². The highest BCUT2D eigenvalue weighted by Crippen LogP contribution is 2.46. The smallest absolute Gasteiger partial charge is 0.227 e. The number of halogens is 1. The molecule has 11 nitrogen and oxygen atoms in total. The van der Waals surface area contributed by atoms with Crippen molar-refractivity contribution in [2.75, 3.05) is 47.9 Å². The zero-order chi connectivity index (χ0) is 30.8. The molecule has 44 heavy (non-hydrogen) atoms. The van der Waals surface area contributed by atoms with Crippen molar-refractivity contribution < 1.29 is 9.90 Å². The molecule has 1 saturated carbocycles. The molecule has 6 rings (SSSR count). The Bertz CT molecular complexity index is 1460. The van der Waals surface area contributed by atoms with E-state index in [0.717, 1.165) is 67.6 Å². The monoisotopic (exact) mass is 637 g/mol. The van der Waals surface area contributed by atoms with Crippen LogP contribution in [0.5, 0.6) is 0 Å². The van der Waals surface area contributed by atoms with E-state index in [1.165, 1.54) is 11.8 Å². The normalized spacial score (nSPS) is 22.9. The topological polar surface area (TPSA) is 146 Å². The number of nitrogens with one attached hydrogen (secondary N) is 1. The molecule has 3 atom stereocenters. The molecule has 3 aromatic rings. The average Bonchev–Trinajstić information content (AvgIpc) is 3.26. The summed E-state index contributed by atoms with van der Waals surface area (Å²) in [6.45, 7) is 7.63. The summed E-state index contributed by atoms with van der Waals surface area (Å²) in [4.78, 5) is 40.5. The van der Waals surface area contributed by atoms with E-state index >= 15 is 0 Å². The van der Waals surface area contributed by atoms with Gasteiger partial charge in [0.05, 0.1) is 17.4 Å². The number of ketones is 1. The van der Waals surface area contributed by atoms with Gasteiger partial charge in [-0.3, -0.25) is 4.79 Å². The summed E-state index contributed by atoms with van der Waals surface area (Å²) < 4.78 is 0. The van der Waals surface area contributed by atoms with E-state index < -0.39 is 0 Å². The second-order valence-electron chi connectivity index (χ2n) is 12.4. The fraction of sp³-hybridized carbons (Fsp3) is 0.548. The average molecular weight is 638 g/mol. The molecule has 0 radical (unpaired) electrons. The van der Waals surface area contributed by atoms with Crippen LogP contribution in [-0.4, -0.2) is 74.6 Å². The van der Waals surface area contributed by atoms with Crippen LogP contribution in [0.4, 0.5) is 23.4 Å². The second kappa shape index (κ2) is 13.1. The highest BCUT2D eigenvalue weighted by molar-refractivity contribution is 7.99. The van der Waals surface area contributed by atoms with Crippen LogP contribution in [0, 0.1) is 23.2 Å². The van der Waals surface area contributed by atoms with Crippen molar-refractivity contribution in [2.45, 2.75) is 61.9 Å². The van der Waals surface area contributed by atoms with E-state index in [-0.39, 0.29) is 24.0 Å². The zero-order valence-corrected chi connectivity index (χ0v) is 26.8. The summed E-state index contributed by atoms with van der Waals surface area (Å²) in [6, 6.07) is 3.59. The number of carbonyl (C=O) groups excluding carboxylic acids is 1. The number of pyridine rings is 1. The van der Waals surface area contributed by atoms with Crippen molar-refractivity contribution >= 4 is 52.5 Å². The molecule has 2 aliphatic heterocycles. The predicted molar refractivity (Wildman–Crippen MR) is 173 cm³/mol. The van der Waals surface area contributed by atoms with Crippen LogP contribution in [0.1, 0.15) is 46.0 Å². The molecule has 13 heteroatoms. The number of hydrogen-bond acceptors (Lipinski definition) is 12. The number of anilines is 4. The SMILES string of the molecule is CC(CO)C1CCN(c2nccc(Nc3nccc(Sc4cnc(N5CCC6(CC5)CC(=O)[C@@H](C)[C@@H]6N)cn4)c3Cl)n2)CC1. The first-order chi connectivity index (χ1) is 21.3. The molecule has 1 unspecified atom stereocenters. The van der Waals surface area contributed by atoms with Gasteiger partial charge in [0.2, 0.25) is 5.95 Å². The van der Waals surface area contributed by atoms with Crippen LogP contribution in [0.3, 0.4) is 0 Å². The highest BCUT2D eigenvalue weighted by atomic mass is 35.5. The van der Waals surface area contributed by atoms with Gasteiger partial charge in [-0.05, 0) is 55.1 Å². The Hall–Kier alpha value is -3.06. The standard InChI is InChI=1S/C31H40ClN9O2S/c1-19(18-42)21-5-11-41(12-6-21)30-35-10-4-24(39-30)38-29-27(32)23(3-9-34-29)44-26-17-36-25(16-37-26)40-13-7-31(8-14-40)15-22(43)20(2)28(31)33/h3-4,9-10,16-17,19-21,28,42H,5-8,11-15,18,33H2,1-2H3,(H,34,35,38,39)/t19?,20-,28+/m1/s1. The van der Waals surface area contributed by atoms with Gasteiger partial charge in [-0.15, -0.1) is 0 Å². The van der Waals surface area contributed by atoms with Crippen molar-refractivity contribution in [3.63, 3.8) is 0 Å². The lowest BCUT2D eigenvalue weighted by Gasteiger charge is -2.42. The maximum atomic E-state index is 12.3. The second-order valence-corrected chi connectivity index (χ2v) is 13.9. The third-order valence-electron chi connectivity index (χ3n) is 9.85. The van der Waals surface area contributed by atoms with E-state index in [1.54, 1.807) is 30.9 Å². The van der Waals surface area contributed by atoms with Crippen LogP contribution >= 0.6 is 23.4 Å². The van der Waals surface area contributed by atoms with E-state index in [1.807, 2.05) is 13.0 Å². The van der Waals surface area contributed by atoms with Gasteiger partial charge in [0, 0.05) is 68.5 Å². The zero-order valence-electron chi connectivity index (χ0n) is 25.2. The molecule has 3 aromatic heterocycles. The van der Waals surface area contributed by atoms with Gasteiger partial charge in [-0.2, -0.15) is 4.98 Å². The number of nitrogens with zero attached hydrogens (tertiary/aromatic N) is 7. The Morgan fingerprint density at radius 1 is 1.09 bits per heavy atom. The number of piperidine rings is 2. The molecule has 3 fully saturated rings. The van der Waals surface area contributed by atoms with E-state index in [4.69, 9.17) is 27.3 Å². The van der Waals surface area contributed by atoms with E-state index in [2.05, 4.69) is 37.0 Å². The minimum atomic E-state index is -0.0793. The molecule has 0 amide bonds. The van der Waals surface area contributed by atoms with Gasteiger partial charge >= 0.3 is 0 Å². The number of rotatable bonds is 8. The Kier molecular flexibility index (Phi) is 9.23. The summed E-state index contributed by atoms with van der Waals surface area (Å²) in [5, 5.41) is 13.9. The molecular weight excluding hydrogens is 598 g/mol. The van der Waals surface area contributed by atoms with Crippen LogP contribution in [0.25, 0.3) is 0 Å². The third-order valence-corrected chi connectivity index (χ3v) is 11.3. The van der Waals surface area contributed by atoms with Crippen molar-refractivity contribution in [1.29, 1.82) is 0 Å².